The summed E-state index contributed by atoms with van der Waals surface area (Å²) in [6, 6.07) is 13.1. The fraction of sp³-hybridized carbons (Fsp3) is 0.182. The van der Waals surface area contributed by atoms with E-state index in [2.05, 4.69) is 10.5 Å². The normalized spacial score (nSPS) is 12.0. The second kappa shape index (κ2) is 9.04. The Bertz CT molecular complexity index is 1180. The summed E-state index contributed by atoms with van der Waals surface area (Å²) >= 11 is 0. The van der Waals surface area contributed by atoms with Crippen LogP contribution < -0.4 is 15.8 Å². The number of hydrogen-bond donors (Lipinski definition) is 1. The first-order chi connectivity index (χ1) is 14.4. The molecule has 0 aliphatic carbocycles. The summed E-state index contributed by atoms with van der Waals surface area (Å²) in [7, 11) is 1.29. The van der Waals surface area contributed by atoms with Crippen LogP contribution in [0.15, 0.2) is 62.8 Å². The van der Waals surface area contributed by atoms with E-state index < -0.39 is 23.6 Å². The van der Waals surface area contributed by atoms with Crippen LogP contribution in [-0.4, -0.2) is 31.3 Å². The van der Waals surface area contributed by atoms with Gasteiger partial charge in [-0.2, -0.15) is 5.10 Å². The molecule has 0 unspecified atom stereocenters. The molecule has 3 aromatic rings. The minimum absolute atomic E-state index is 0.329. The Morgan fingerprint density at radius 1 is 1.17 bits per heavy atom. The molecule has 0 saturated carbocycles. The van der Waals surface area contributed by atoms with Crippen molar-refractivity contribution in [1.82, 2.24) is 5.43 Å². The number of benzene rings is 2. The Labute approximate surface area is 172 Å². The summed E-state index contributed by atoms with van der Waals surface area (Å²) < 4.78 is 15.5. The van der Waals surface area contributed by atoms with Gasteiger partial charge < -0.3 is 13.9 Å². The van der Waals surface area contributed by atoms with Crippen LogP contribution in [0.25, 0.3) is 11.0 Å². The summed E-state index contributed by atoms with van der Waals surface area (Å²) in [5.41, 5.74) is 3.91. The van der Waals surface area contributed by atoms with Gasteiger partial charge in [-0.05, 0) is 37.6 Å². The lowest BCUT2D eigenvalue weighted by Crippen LogP contribution is -2.33. The average Bonchev–Trinajstić information content (AvgIpc) is 2.73. The maximum absolute atomic E-state index is 12.3. The molecule has 0 spiro atoms. The van der Waals surface area contributed by atoms with E-state index in [1.165, 1.54) is 19.4 Å². The third-order valence-corrected chi connectivity index (χ3v) is 4.35. The van der Waals surface area contributed by atoms with Gasteiger partial charge in [0.1, 0.15) is 11.3 Å². The predicted octanol–water partition coefficient (Wildman–Crippen LogP) is 2.81. The van der Waals surface area contributed by atoms with Crippen LogP contribution in [0.3, 0.4) is 0 Å². The second-order valence-electron chi connectivity index (χ2n) is 6.48. The molecule has 0 fully saturated rings. The minimum atomic E-state index is -0.869. The predicted molar refractivity (Wildman–Crippen MR) is 111 cm³/mol. The molecule has 0 aliphatic heterocycles. The van der Waals surface area contributed by atoms with Gasteiger partial charge in [-0.15, -0.1) is 0 Å². The van der Waals surface area contributed by atoms with Gasteiger partial charge in [0.25, 0.3) is 5.91 Å². The quantitative estimate of drug-likeness (QED) is 0.291. The first-order valence-corrected chi connectivity index (χ1v) is 9.10. The molecule has 0 saturated heterocycles. The summed E-state index contributed by atoms with van der Waals surface area (Å²) in [4.78, 5) is 35.6. The van der Waals surface area contributed by atoms with Crippen LogP contribution in [0.1, 0.15) is 28.4 Å². The van der Waals surface area contributed by atoms with E-state index in [1.54, 1.807) is 49.4 Å². The van der Waals surface area contributed by atoms with Crippen molar-refractivity contribution in [2.45, 2.75) is 20.0 Å². The van der Waals surface area contributed by atoms with E-state index in [1.807, 2.05) is 6.92 Å². The summed E-state index contributed by atoms with van der Waals surface area (Å²) in [5.74, 6) is -0.621. The van der Waals surface area contributed by atoms with Crippen molar-refractivity contribution in [1.29, 1.82) is 0 Å². The van der Waals surface area contributed by atoms with Crippen molar-refractivity contribution in [3.63, 3.8) is 0 Å². The van der Waals surface area contributed by atoms with Crippen molar-refractivity contribution in [3.8, 4) is 5.75 Å². The third kappa shape index (κ3) is 4.72. The molecule has 1 heterocycles. The molecule has 1 amide bonds. The van der Waals surface area contributed by atoms with Gasteiger partial charge in [0.2, 0.25) is 0 Å². The summed E-state index contributed by atoms with van der Waals surface area (Å²) in [6.45, 7) is 3.37. The van der Waals surface area contributed by atoms with Crippen LogP contribution in [0.2, 0.25) is 0 Å². The monoisotopic (exact) mass is 408 g/mol. The van der Waals surface area contributed by atoms with E-state index in [-0.39, 0.29) is 0 Å². The average molecular weight is 408 g/mol. The molecule has 1 atom stereocenters. The number of carbonyl (C=O) groups excluding carboxylic acids is 2. The van der Waals surface area contributed by atoms with E-state index in [0.717, 1.165) is 10.9 Å². The Morgan fingerprint density at radius 2 is 1.93 bits per heavy atom. The summed E-state index contributed by atoms with van der Waals surface area (Å²) in [5, 5.41) is 4.67. The first kappa shape index (κ1) is 20.8. The fourth-order valence-corrected chi connectivity index (χ4v) is 2.80. The Kier molecular flexibility index (Phi) is 6.26. The molecule has 8 heteroatoms. The number of carbonyl (C=O) groups is 2. The van der Waals surface area contributed by atoms with Gasteiger partial charge in [0.15, 0.2) is 6.10 Å². The molecule has 3 rings (SSSR count). The molecule has 0 aliphatic rings. The molecular weight excluding hydrogens is 388 g/mol. The zero-order valence-corrected chi connectivity index (χ0v) is 16.7. The lowest BCUT2D eigenvalue weighted by Gasteiger charge is -2.13. The van der Waals surface area contributed by atoms with Crippen molar-refractivity contribution < 1.29 is 23.5 Å². The number of fused-ring (bicyclic) bond motifs is 1. The molecule has 30 heavy (non-hydrogen) atoms. The fourth-order valence-electron chi connectivity index (χ4n) is 2.80. The lowest BCUT2D eigenvalue weighted by molar-refractivity contribution is -0.127. The van der Waals surface area contributed by atoms with Crippen molar-refractivity contribution in [3.05, 3.63) is 75.6 Å². The highest BCUT2D eigenvalue weighted by molar-refractivity contribution is 5.99. The van der Waals surface area contributed by atoms with Gasteiger partial charge in [-0.25, -0.2) is 15.0 Å². The molecule has 0 bridgehead atoms. The van der Waals surface area contributed by atoms with Crippen LogP contribution >= 0.6 is 0 Å². The first-order valence-electron chi connectivity index (χ1n) is 9.10. The Morgan fingerprint density at radius 3 is 2.70 bits per heavy atom. The molecule has 2 aromatic carbocycles. The van der Waals surface area contributed by atoms with Crippen LogP contribution in [0.4, 0.5) is 0 Å². The highest BCUT2D eigenvalue weighted by Crippen LogP contribution is 2.23. The number of rotatable bonds is 6. The van der Waals surface area contributed by atoms with E-state index in [9.17, 15) is 14.4 Å². The number of nitrogens with zero attached hydrogens (tertiary/aromatic N) is 1. The van der Waals surface area contributed by atoms with Gasteiger partial charge >= 0.3 is 11.6 Å². The molecule has 0 radical (unpaired) electrons. The number of nitrogens with one attached hydrogen (secondary N) is 1. The van der Waals surface area contributed by atoms with Gasteiger partial charge in [0.05, 0.1) is 18.9 Å². The van der Waals surface area contributed by atoms with Crippen molar-refractivity contribution >= 4 is 29.1 Å². The van der Waals surface area contributed by atoms with Gasteiger partial charge in [-0.3, -0.25) is 4.79 Å². The number of aryl methyl sites for hydroxylation is 1. The number of hydrazone groups is 1. The zero-order valence-electron chi connectivity index (χ0n) is 16.7. The third-order valence-electron chi connectivity index (χ3n) is 4.35. The zero-order chi connectivity index (χ0) is 21.7. The van der Waals surface area contributed by atoms with E-state index >= 15 is 0 Å². The van der Waals surface area contributed by atoms with E-state index in [0.29, 0.717) is 22.5 Å². The summed E-state index contributed by atoms with van der Waals surface area (Å²) in [6.07, 6.45) is 0.483. The second-order valence-corrected chi connectivity index (χ2v) is 6.48. The molecule has 1 N–H and O–H groups in total. The Balaban J connectivity index is 1.67. The molecular formula is C22H20N2O6. The highest BCUT2D eigenvalue weighted by Gasteiger charge is 2.15. The minimum Gasteiger partial charge on any atom is -0.481 e. The Hall–Kier alpha value is -3.94. The maximum Gasteiger partial charge on any atom is 0.338 e. The standard InChI is InChI=1S/C22H20N2O6/c1-13-10-20(25)30-19-11-16(8-9-17(13)19)29-14(2)21(26)24-23-12-15-6-4-5-7-18(15)22(27)28-3/h4-12,14H,1-3H3,(H,24,26)/b23-12-/t14-/m0/s1. The number of amides is 1. The number of esters is 1. The molecule has 154 valence electrons. The molecule has 1 aromatic heterocycles. The largest absolute Gasteiger partial charge is 0.481 e. The van der Waals surface area contributed by atoms with Crippen LogP contribution in [0, 0.1) is 6.92 Å². The maximum atomic E-state index is 12.3. The van der Waals surface area contributed by atoms with Crippen LogP contribution in [-0.2, 0) is 9.53 Å². The SMILES string of the molecule is COC(=O)c1ccccc1/C=N\NC(=O)[C@H](C)Oc1ccc2c(C)cc(=O)oc2c1. The van der Waals surface area contributed by atoms with Crippen LogP contribution in [0.5, 0.6) is 5.75 Å². The van der Waals surface area contributed by atoms with Crippen molar-refractivity contribution in [2.75, 3.05) is 7.11 Å². The highest BCUT2D eigenvalue weighted by atomic mass is 16.5. The number of ether oxygens (including phenoxy) is 2. The number of hydrogen-bond acceptors (Lipinski definition) is 7. The lowest BCUT2D eigenvalue weighted by atomic mass is 10.1. The smallest absolute Gasteiger partial charge is 0.338 e. The van der Waals surface area contributed by atoms with Crippen molar-refractivity contribution in [2.24, 2.45) is 5.10 Å². The molecule has 8 nitrogen and oxygen atoms in total. The number of methoxy groups -OCH3 is 1. The van der Waals surface area contributed by atoms with Gasteiger partial charge in [-0.1, -0.05) is 18.2 Å². The topological polar surface area (TPSA) is 107 Å². The van der Waals surface area contributed by atoms with E-state index in [4.69, 9.17) is 13.9 Å². The van der Waals surface area contributed by atoms with Gasteiger partial charge in [0, 0.05) is 23.1 Å².